The molecule has 43 heavy (non-hydrogen) atoms. The molecular weight excluding hydrogens is 564 g/mol. The van der Waals surface area contributed by atoms with Gasteiger partial charge in [0.15, 0.2) is 5.13 Å². The van der Waals surface area contributed by atoms with Gasteiger partial charge in [-0.15, -0.1) is 0 Å². The molecule has 9 heteroatoms. The fourth-order valence-electron chi connectivity index (χ4n) is 4.85. The molecule has 1 aromatic heterocycles. The molecule has 218 valence electrons. The first kappa shape index (κ1) is 29.5. The van der Waals surface area contributed by atoms with Crippen LogP contribution in [0.4, 0.5) is 5.13 Å². The highest BCUT2D eigenvalue weighted by Gasteiger charge is 2.48. The van der Waals surface area contributed by atoms with Crippen molar-refractivity contribution in [1.29, 1.82) is 0 Å². The maximum Gasteiger partial charge on any atom is 0.350 e. The number of Topliss-reactive ketones (excluding diaryl/α,β-unsaturated/α-hetero) is 1. The summed E-state index contributed by atoms with van der Waals surface area (Å²) in [6.45, 7) is 9.31. The van der Waals surface area contributed by atoms with Gasteiger partial charge in [-0.1, -0.05) is 84.2 Å². The van der Waals surface area contributed by atoms with Gasteiger partial charge >= 0.3 is 11.9 Å². The molecular formula is C34H30N2O6S. The number of hydrogen-bond acceptors (Lipinski definition) is 8. The Balaban J connectivity index is 1.55. The Hall–Kier alpha value is -5.02. The zero-order valence-corrected chi connectivity index (χ0v) is 24.8. The molecule has 1 aliphatic heterocycles. The fraction of sp³-hybridized carbons (Fsp3) is 0.176. The lowest BCUT2D eigenvalue weighted by atomic mass is 9.93. The van der Waals surface area contributed by atoms with Crippen molar-refractivity contribution < 1.29 is 29.0 Å². The van der Waals surface area contributed by atoms with Crippen LogP contribution in [0.15, 0.2) is 91.0 Å². The number of thiazole rings is 1. The van der Waals surface area contributed by atoms with Crippen LogP contribution in [0.25, 0.3) is 5.76 Å². The minimum absolute atomic E-state index is 0.0226. The van der Waals surface area contributed by atoms with Gasteiger partial charge in [0, 0.05) is 5.56 Å². The molecule has 1 N–H and O–H groups in total. The van der Waals surface area contributed by atoms with E-state index in [0.717, 1.165) is 22.5 Å². The van der Waals surface area contributed by atoms with Crippen molar-refractivity contribution in [3.05, 3.63) is 129 Å². The third-order valence-electron chi connectivity index (χ3n) is 7.05. The number of nitrogens with zero attached hydrogens (tertiary/aromatic N) is 2. The predicted octanol–water partition coefficient (Wildman–Crippen LogP) is 6.62. The van der Waals surface area contributed by atoms with Crippen molar-refractivity contribution >= 4 is 39.9 Å². The summed E-state index contributed by atoms with van der Waals surface area (Å²) in [6, 6.07) is 21.3. The number of aromatic nitrogens is 1. The third kappa shape index (κ3) is 5.98. The zero-order chi connectivity index (χ0) is 30.7. The van der Waals surface area contributed by atoms with Crippen molar-refractivity contribution in [2.75, 3.05) is 11.5 Å². The number of carbonyl (C=O) groups excluding carboxylic acids is 3. The van der Waals surface area contributed by atoms with Crippen LogP contribution in [-0.2, 0) is 20.9 Å². The quantitative estimate of drug-likeness (QED) is 0.0764. The summed E-state index contributed by atoms with van der Waals surface area (Å²) in [5, 5.41) is 11.8. The molecule has 0 spiro atoms. The van der Waals surface area contributed by atoms with Crippen molar-refractivity contribution in [2.45, 2.75) is 33.4 Å². The second-order valence-corrected chi connectivity index (χ2v) is 11.1. The van der Waals surface area contributed by atoms with Gasteiger partial charge in [-0.05, 0) is 55.7 Å². The predicted molar refractivity (Wildman–Crippen MR) is 165 cm³/mol. The molecule has 3 aromatic carbocycles. The van der Waals surface area contributed by atoms with Gasteiger partial charge in [-0.25, -0.2) is 9.78 Å². The summed E-state index contributed by atoms with van der Waals surface area (Å²) in [5.74, 6) is -2.02. The van der Waals surface area contributed by atoms with Crippen LogP contribution < -0.4 is 9.64 Å². The highest BCUT2D eigenvalue weighted by atomic mass is 32.1. The molecule has 1 atom stereocenters. The van der Waals surface area contributed by atoms with Gasteiger partial charge in [-0.3, -0.25) is 14.5 Å². The number of rotatable bonds is 9. The molecule has 0 radical (unpaired) electrons. The van der Waals surface area contributed by atoms with E-state index in [4.69, 9.17) is 9.47 Å². The van der Waals surface area contributed by atoms with E-state index < -0.39 is 23.7 Å². The lowest BCUT2D eigenvalue weighted by Crippen LogP contribution is -2.29. The van der Waals surface area contributed by atoms with Crippen molar-refractivity contribution in [1.82, 2.24) is 4.98 Å². The molecule has 1 saturated heterocycles. The molecule has 5 rings (SSSR count). The highest BCUT2D eigenvalue weighted by Crippen LogP contribution is 2.44. The zero-order valence-electron chi connectivity index (χ0n) is 24.0. The molecule has 8 nitrogen and oxygen atoms in total. The van der Waals surface area contributed by atoms with Crippen LogP contribution in [0.5, 0.6) is 5.75 Å². The molecule has 2 heterocycles. The Labute approximate surface area is 253 Å². The minimum Gasteiger partial charge on any atom is -0.507 e. The average Bonchev–Trinajstić information content (AvgIpc) is 3.51. The smallest absolute Gasteiger partial charge is 0.350 e. The monoisotopic (exact) mass is 594 g/mol. The van der Waals surface area contributed by atoms with Gasteiger partial charge in [0.05, 0.1) is 17.3 Å². The van der Waals surface area contributed by atoms with E-state index in [1.165, 1.54) is 11.0 Å². The van der Waals surface area contributed by atoms with E-state index in [2.05, 4.69) is 11.6 Å². The number of carbonyl (C=O) groups is 3. The SMILES string of the molecule is C=CCOC(=O)c1sc(N2C(=O)C(=O)C(=C(O)c3ccc(OCc4ccccc4)cc3C)[C@@H]2c2ccc(C)cc2)nc1C. The molecule has 1 aliphatic rings. The Kier molecular flexibility index (Phi) is 8.54. The van der Waals surface area contributed by atoms with Gasteiger partial charge in [0.25, 0.3) is 5.78 Å². The third-order valence-corrected chi connectivity index (χ3v) is 8.18. The average molecular weight is 595 g/mol. The maximum absolute atomic E-state index is 13.6. The lowest BCUT2D eigenvalue weighted by molar-refractivity contribution is -0.132. The van der Waals surface area contributed by atoms with Crippen LogP contribution in [0.1, 0.15) is 49.2 Å². The number of aliphatic hydroxyl groups is 1. The minimum atomic E-state index is -0.975. The summed E-state index contributed by atoms with van der Waals surface area (Å²) in [7, 11) is 0. The summed E-state index contributed by atoms with van der Waals surface area (Å²) in [6.07, 6.45) is 1.45. The van der Waals surface area contributed by atoms with Gasteiger partial charge in [0.1, 0.15) is 29.6 Å². The summed E-state index contributed by atoms with van der Waals surface area (Å²) in [4.78, 5) is 45.7. The van der Waals surface area contributed by atoms with Crippen LogP contribution in [0, 0.1) is 20.8 Å². The largest absolute Gasteiger partial charge is 0.507 e. The normalized spacial score (nSPS) is 15.9. The van der Waals surface area contributed by atoms with E-state index in [0.29, 0.717) is 34.7 Å². The Morgan fingerprint density at radius 3 is 2.44 bits per heavy atom. The Morgan fingerprint density at radius 2 is 1.77 bits per heavy atom. The molecule has 1 fully saturated rings. The fourth-order valence-corrected chi connectivity index (χ4v) is 5.83. The van der Waals surface area contributed by atoms with Gasteiger partial charge in [-0.2, -0.15) is 0 Å². The highest BCUT2D eigenvalue weighted by molar-refractivity contribution is 7.17. The number of ketones is 1. The number of aryl methyl sites for hydroxylation is 3. The standard InChI is InChI=1S/C34H30N2O6S/c1-5-17-41-33(40)31-22(4)35-34(43-31)36-28(24-13-11-20(2)12-14-24)27(30(38)32(36)39)29(37)26-16-15-25(18-21(26)3)42-19-23-9-7-6-8-10-23/h5-16,18,28,37H,1,17,19H2,2-4H3/t28-/m0/s1. The number of ether oxygens (including phenoxy) is 2. The van der Waals surface area contributed by atoms with E-state index in [9.17, 15) is 19.5 Å². The van der Waals surface area contributed by atoms with Crippen molar-refractivity contribution in [3.63, 3.8) is 0 Å². The first-order chi connectivity index (χ1) is 20.7. The Bertz CT molecular complexity index is 1740. The number of anilines is 1. The van der Waals surface area contributed by atoms with E-state index in [-0.39, 0.29) is 27.9 Å². The van der Waals surface area contributed by atoms with Crippen molar-refractivity contribution in [3.8, 4) is 5.75 Å². The maximum atomic E-state index is 13.6. The van der Waals surface area contributed by atoms with Crippen LogP contribution in [0.3, 0.4) is 0 Å². The lowest BCUT2D eigenvalue weighted by Gasteiger charge is -2.23. The topological polar surface area (TPSA) is 106 Å². The summed E-state index contributed by atoms with van der Waals surface area (Å²) < 4.78 is 11.1. The van der Waals surface area contributed by atoms with Gasteiger partial charge < -0.3 is 14.6 Å². The van der Waals surface area contributed by atoms with E-state index in [1.807, 2.05) is 49.4 Å². The van der Waals surface area contributed by atoms with Crippen LogP contribution in [0.2, 0.25) is 0 Å². The molecule has 0 bridgehead atoms. The van der Waals surface area contributed by atoms with Crippen LogP contribution in [-0.4, -0.2) is 34.4 Å². The second-order valence-electron chi connectivity index (χ2n) is 10.1. The summed E-state index contributed by atoms with van der Waals surface area (Å²) in [5.41, 5.74) is 3.95. The van der Waals surface area contributed by atoms with Crippen LogP contribution >= 0.6 is 11.3 Å². The number of benzene rings is 3. The molecule has 4 aromatic rings. The number of hydrogen-bond donors (Lipinski definition) is 1. The van der Waals surface area contributed by atoms with E-state index >= 15 is 0 Å². The summed E-state index contributed by atoms with van der Waals surface area (Å²) >= 11 is 0.953. The molecule has 0 aliphatic carbocycles. The molecule has 1 amide bonds. The number of esters is 1. The number of amides is 1. The van der Waals surface area contributed by atoms with Gasteiger partial charge in [0.2, 0.25) is 0 Å². The second kappa shape index (κ2) is 12.5. The first-order valence-corrected chi connectivity index (χ1v) is 14.4. The first-order valence-electron chi connectivity index (χ1n) is 13.6. The van der Waals surface area contributed by atoms with E-state index in [1.54, 1.807) is 44.2 Å². The van der Waals surface area contributed by atoms with Crippen molar-refractivity contribution in [2.24, 2.45) is 0 Å². The molecule has 0 saturated carbocycles. The number of aliphatic hydroxyl groups excluding tert-OH is 1. The molecule has 0 unspecified atom stereocenters. The Morgan fingerprint density at radius 1 is 1.05 bits per heavy atom.